The van der Waals surface area contributed by atoms with E-state index in [9.17, 15) is 5.26 Å². The van der Waals surface area contributed by atoms with Crippen LogP contribution in [0.25, 0.3) is 72.5 Å². The highest BCUT2D eigenvalue weighted by Crippen LogP contribution is 2.34. The van der Waals surface area contributed by atoms with Crippen LogP contribution in [0.1, 0.15) is 13.8 Å². The lowest BCUT2D eigenvalue weighted by atomic mass is 10.1. The van der Waals surface area contributed by atoms with Gasteiger partial charge in [0.05, 0.1) is 30.9 Å². The van der Waals surface area contributed by atoms with E-state index in [1.165, 1.54) is 16.7 Å². The first kappa shape index (κ1) is 16.9. The highest BCUT2D eigenvalue weighted by atomic mass is 16.3. The van der Waals surface area contributed by atoms with Crippen molar-refractivity contribution in [3.8, 4) is 34.8 Å². The van der Waals surface area contributed by atoms with Crippen LogP contribution < -0.4 is 0 Å². The lowest BCUT2D eigenvalue weighted by Crippen LogP contribution is -2.06. The Morgan fingerprint density at radius 2 is 1.35 bits per heavy atom. The second-order valence-electron chi connectivity index (χ2n) is 9.18. The molecule has 0 atom stereocenters. The Balaban J connectivity index is 1.49. The van der Waals surface area contributed by atoms with E-state index >= 15 is 0 Å². The first-order valence-electron chi connectivity index (χ1n) is 15.4. The van der Waals surface area contributed by atoms with Crippen molar-refractivity contribution in [2.24, 2.45) is 0 Å². The van der Waals surface area contributed by atoms with Crippen LogP contribution in [-0.2, 0) is 0 Å². The van der Waals surface area contributed by atoms with Gasteiger partial charge in [-0.2, -0.15) is 15.2 Å². The third kappa shape index (κ3) is 3.39. The summed E-state index contributed by atoms with van der Waals surface area (Å²) in [6.07, 6.45) is 0. The fraction of sp³-hybridized carbons (Fsp3) is 0. The molecular formula is C34H19N5O. The average Bonchev–Trinajstić information content (AvgIpc) is 3.63. The quantitative estimate of drug-likeness (QED) is 0.236. The first-order chi connectivity index (χ1) is 22.2. The van der Waals surface area contributed by atoms with Crippen LogP contribution >= 0.6 is 0 Å². The molecule has 6 heteroatoms. The molecule has 8 rings (SSSR count). The highest BCUT2D eigenvalue weighted by Gasteiger charge is 2.18. The number of nitrogens with zero attached hydrogens (tertiary/aromatic N) is 5. The molecule has 0 spiro atoms. The molecule has 0 amide bonds. The Labute approximate surface area is 236 Å². The second-order valence-corrected chi connectivity index (χ2v) is 9.18. The highest BCUT2D eigenvalue weighted by molar-refractivity contribution is 6.09. The molecular weight excluding hydrogens is 494 g/mol. The summed E-state index contributed by atoms with van der Waals surface area (Å²) in [5.41, 5.74) is 3.13. The van der Waals surface area contributed by atoms with E-state index in [1.807, 2.05) is 42.5 Å². The van der Waals surface area contributed by atoms with Crippen molar-refractivity contribution >= 4 is 43.7 Å². The number of hydrogen-bond acceptors (Lipinski definition) is 5. The summed E-state index contributed by atoms with van der Waals surface area (Å²) < 4.78 is 59.3. The number of aromatic nitrogens is 4. The molecule has 3 aromatic heterocycles. The normalized spacial score (nSPS) is 13.6. The van der Waals surface area contributed by atoms with Gasteiger partial charge in [0.1, 0.15) is 11.2 Å². The lowest BCUT2D eigenvalue weighted by molar-refractivity contribution is 0.669. The Hall–Kier alpha value is -5.80. The molecule has 0 unspecified atom stereocenters. The van der Waals surface area contributed by atoms with Crippen molar-refractivity contribution in [1.29, 1.82) is 5.26 Å². The fourth-order valence-electron chi connectivity index (χ4n) is 5.03. The zero-order chi connectivity index (χ0) is 31.9. The summed E-state index contributed by atoms with van der Waals surface area (Å²) in [6, 6.07) is 23.5. The van der Waals surface area contributed by atoms with Crippen molar-refractivity contribution in [1.82, 2.24) is 19.5 Å². The zero-order valence-electron chi connectivity index (χ0n) is 26.6. The summed E-state index contributed by atoms with van der Waals surface area (Å²) >= 11 is 0. The standard InChI is InChI=1S/C34H19N5O/c35-20-21-8-7-9-22(18-21)32-36-33(23-16-17-27-26-12-3-6-15-30(26)40-31(27)19-23)38-34(37-32)39-28-13-4-1-10-24(28)25-11-2-5-14-29(25)39/h1-19H/i1D,2D,10D,11D,13D,14D. The molecule has 6 nitrogen and oxygen atoms in total. The predicted octanol–water partition coefficient (Wildman–Crippen LogP) is 8.07. The minimum absolute atomic E-state index is 0.00308. The Morgan fingerprint density at radius 1 is 0.650 bits per heavy atom. The molecule has 0 radical (unpaired) electrons. The third-order valence-electron chi connectivity index (χ3n) is 6.84. The van der Waals surface area contributed by atoms with Crippen LogP contribution in [0.4, 0.5) is 0 Å². The largest absolute Gasteiger partial charge is 0.456 e. The number of hydrogen-bond donors (Lipinski definition) is 0. The number of nitriles is 1. The summed E-state index contributed by atoms with van der Waals surface area (Å²) in [6.45, 7) is 0. The smallest absolute Gasteiger partial charge is 0.238 e. The molecule has 0 N–H and O–H groups in total. The monoisotopic (exact) mass is 519 g/mol. The predicted molar refractivity (Wildman–Crippen MR) is 157 cm³/mol. The van der Waals surface area contributed by atoms with Gasteiger partial charge < -0.3 is 4.42 Å². The second kappa shape index (κ2) is 8.62. The van der Waals surface area contributed by atoms with Crippen molar-refractivity contribution in [2.75, 3.05) is 0 Å². The Kier molecular flexibility index (Phi) is 3.65. The summed E-state index contributed by atoms with van der Waals surface area (Å²) in [7, 11) is 0. The van der Waals surface area contributed by atoms with E-state index < -0.39 is 0 Å². The van der Waals surface area contributed by atoms with Gasteiger partial charge in [0.2, 0.25) is 5.95 Å². The number of fused-ring (bicyclic) bond motifs is 6. The van der Waals surface area contributed by atoms with Gasteiger partial charge in [0.25, 0.3) is 0 Å². The van der Waals surface area contributed by atoms with Crippen LogP contribution in [0, 0.1) is 11.3 Å². The van der Waals surface area contributed by atoms with E-state index in [-0.39, 0.29) is 75.7 Å². The zero-order valence-corrected chi connectivity index (χ0v) is 20.6. The maximum Gasteiger partial charge on any atom is 0.238 e. The SMILES string of the molecule is [2H]c1cc([2H])c2c(c1[2H])c1c([2H])c([2H])cc([2H])c1n2-c1nc(-c2cccc(C#N)c2)nc(-c2ccc3c(c2)oc2ccccc23)n1. The van der Waals surface area contributed by atoms with Gasteiger partial charge in [-0.05, 0) is 42.4 Å². The van der Waals surface area contributed by atoms with Crippen LogP contribution in [0.5, 0.6) is 0 Å². The molecule has 0 saturated carbocycles. The van der Waals surface area contributed by atoms with Crippen molar-refractivity contribution in [3.63, 3.8) is 0 Å². The molecule has 40 heavy (non-hydrogen) atoms. The molecule has 0 bridgehead atoms. The molecule has 0 aliphatic heterocycles. The van der Waals surface area contributed by atoms with Crippen molar-refractivity contribution < 1.29 is 12.6 Å². The molecule has 5 aromatic carbocycles. The number of furan rings is 1. The van der Waals surface area contributed by atoms with E-state index in [0.29, 0.717) is 22.3 Å². The molecule has 0 saturated heterocycles. The van der Waals surface area contributed by atoms with Crippen LogP contribution in [0.3, 0.4) is 0 Å². The van der Waals surface area contributed by atoms with Gasteiger partial charge in [-0.15, -0.1) is 0 Å². The van der Waals surface area contributed by atoms with Gasteiger partial charge >= 0.3 is 0 Å². The molecule has 0 aliphatic carbocycles. The Morgan fingerprint density at radius 3 is 2.10 bits per heavy atom. The number of benzene rings is 5. The van der Waals surface area contributed by atoms with Crippen LogP contribution in [0.2, 0.25) is 0 Å². The van der Waals surface area contributed by atoms with Crippen molar-refractivity contribution in [2.45, 2.75) is 0 Å². The number of para-hydroxylation sites is 3. The minimum Gasteiger partial charge on any atom is -0.456 e. The maximum atomic E-state index is 9.58. The van der Waals surface area contributed by atoms with Gasteiger partial charge in [0.15, 0.2) is 11.6 Å². The van der Waals surface area contributed by atoms with Crippen molar-refractivity contribution in [3.05, 3.63) is 121 Å². The van der Waals surface area contributed by atoms with Gasteiger partial charge in [-0.1, -0.05) is 72.7 Å². The van der Waals surface area contributed by atoms with E-state index in [0.717, 1.165) is 16.4 Å². The molecule has 8 aromatic rings. The molecule has 0 fully saturated rings. The summed E-state index contributed by atoms with van der Waals surface area (Å²) in [5.74, 6) is 0.453. The Bertz CT molecular complexity index is 2570. The van der Waals surface area contributed by atoms with E-state index in [2.05, 4.69) is 6.07 Å². The summed E-state index contributed by atoms with van der Waals surface area (Å²) in [4.78, 5) is 14.3. The number of rotatable bonds is 3. The molecule has 3 heterocycles. The topological polar surface area (TPSA) is 80.5 Å². The third-order valence-corrected chi connectivity index (χ3v) is 6.84. The average molecular weight is 520 g/mol. The van der Waals surface area contributed by atoms with E-state index in [1.54, 1.807) is 24.3 Å². The van der Waals surface area contributed by atoms with Gasteiger partial charge in [-0.25, -0.2) is 4.98 Å². The maximum absolute atomic E-state index is 9.58. The van der Waals surface area contributed by atoms with Crippen LogP contribution in [-0.4, -0.2) is 19.5 Å². The first-order valence-corrected chi connectivity index (χ1v) is 12.4. The van der Waals surface area contributed by atoms with Gasteiger partial charge in [0, 0.05) is 32.7 Å². The minimum atomic E-state index is -0.236. The lowest BCUT2D eigenvalue weighted by Gasteiger charge is -2.11. The molecule has 186 valence electrons. The van der Waals surface area contributed by atoms with Crippen LogP contribution in [0.15, 0.2) is 120 Å². The fourth-order valence-corrected chi connectivity index (χ4v) is 5.03. The van der Waals surface area contributed by atoms with Gasteiger partial charge in [-0.3, -0.25) is 4.57 Å². The molecule has 0 aliphatic rings. The summed E-state index contributed by atoms with van der Waals surface area (Å²) in [5, 5.41) is 11.6. The van der Waals surface area contributed by atoms with E-state index in [4.69, 9.17) is 27.6 Å².